The highest BCUT2D eigenvalue weighted by Gasteiger charge is 2.17. The highest BCUT2D eigenvalue weighted by atomic mass is 32.2. The van der Waals surface area contributed by atoms with Crippen LogP contribution in [0.25, 0.3) is 0 Å². The number of carbonyl (C=O) groups is 1. The number of thioether (sulfide) groups is 1. The van der Waals surface area contributed by atoms with E-state index >= 15 is 0 Å². The number of aryl methyl sites for hydroxylation is 1. The summed E-state index contributed by atoms with van der Waals surface area (Å²) in [5.41, 5.74) is 1.31. The maximum atomic E-state index is 12.0. The van der Waals surface area contributed by atoms with E-state index in [9.17, 15) is 4.79 Å². The predicted molar refractivity (Wildman–Crippen MR) is 69.5 cm³/mol. The van der Waals surface area contributed by atoms with Crippen LogP contribution in [0.3, 0.4) is 0 Å². The van der Waals surface area contributed by atoms with Crippen LogP contribution in [-0.2, 0) is 18.7 Å². The Balaban J connectivity index is 1.67. The Morgan fingerprint density at radius 1 is 1.56 bits per heavy atom. The summed E-state index contributed by atoms with van der Waals surface area (Å²) in [5, 5.41) is 16.1. The molecule has 0 unspecified atom stereocenters. The fourth-order valence-electron chi connectivity index (χ4n) is 1.76. The molecule has 2 aromatic heterocycles. The molecule has 18 heavy (non-hydrogen) atoms. The van der Waals surface area contributed by atoms with Crippen LogP contribution in [0.15, 0.2) is 6.07 Å². The van der Waals surface area contributed by atoms with Gasteiger partial charge in [0, 0.05) is 10.6 Å². The zero-order valence-corrected chi connectivity index (χ0v) is 11.1. The van der Waals surface area contributed by atoms with E-state index in [1.807, 2.05) is 17.8 Å². The Labute approximate surface area is 112 Å². The van der Waals surface area contributed by atoms with Crippen LogP contribution in [0, 0.1) is 0 Å². The van der Waals surface area contributed by atoms with Gasteiger partial charge >= 0.3 is 0 Å². The average molecular weight is 281 g/mol. The maximum Gasteiger partial charge on any atom is 0.261 e. The molecule has 0 fully saturated rings. The molecule has 6 nitrogen and oxygen atoms in total. The zero-order chi connectivity index (χ0) is 12.4. The lowest BCUT2D eigenvalue weighted by Gasteiger charge is -2.08. The van der Waals surface area contributed by atoms with Crippen molar-refractivity contribution in [1.29, 1.82) is 0 Å². The number of aromatic nitrogens is 4. The number of carbonyl (C=O) groups excluding carboxylic acids is 1. The van der Waals surface area contributed by atoms with Crippen molar-refractivity contribution in [3.8, 4) is 0 Å². The first-order chi connectivity index (χ1) is 8.83. The highest BCUT2D eigenvalue weighted by Crippen LogP contribution is 2.31. The molecule has 8 heteroatoms. The third-order valence-corrected chi connectivity index (χ3v) is 4.89. The first kappa shape index (κ1) is 11.7. The van der Waals surface area contributed by atoms with Crippen molar-refractivity contribution in [2.45, 2.75) is 18.7 Å². The lowest BCUT2D eigenvalue weighted by molar-refractivity contribution is 0.0954. The summed E-state index contributed by atoms with van der Waals surface area (Å²) in [5.74, 6) is 2.59. The largest absolute Gasteiger partial charge is 0.344 e. The molecule has 0 aliphatic carbocycles. The van der Waals surface area contributed by atoms with E-state index in [4.69, 9.17) is 0 Å². The minimum absolute atomic E-state index is 0.0656. The first-order valence-corrected chi connectivity index (χ1v) is 7.50. The molecule has 1 amide bonds. The minimum atomic E-state index is -0.0656. The van der Waals surface area contributed by atoms with Gasteiger partial charge in [-0.2, -0.15) is 17.0 Å². The summed E-state index contributed by atoms with van der Waals surface area (Å²) in [6, 6.07) is 2.00. The number of rotatable bonds is 3. The normalized spacial score (nSPS) is 14.2. The maximum absolute atomic E-state index is 12.0. The van der Waals surface area contributed by atoms with Crippen LogP contribution >= 0.6 is 23.1 Å². The molecule has 0 radical (unpaired) electrons. The van der Waals surface area contributed by atoms with E-state index in [0.29, 0.717) is 12.4 Å². The van der Waals surface area contributed by atoms with Crippen LogP contribution in [0.1, 0.15) is 25.9 Å². The molecule has 3 heterocycles. The number of nitrogens with zero attached hydrogens (tertiary/aromatic N) is 3. The molecule has 0 saturated heterocycles. The molecule has 0 bridgehead atoms. The van der Waals surface area contributed by atoms with Gasteiger partial charge in [0.05, 0.1) is 11.4 Å². The molecule has 0 saturated carbocycles. The van der Waals surface area contributed by atoms with Crippen LogP contribution in [0.4, 0.5) is 0 Å². The Morgan fingerprint density at radius 2 is 2.50 bits per heavy atom. The molecule has 2 aromatic rings. The van der Waals surface area contributed by atoms with Crippen molar-refractivity contribution in [2.75, 3.05) is 5.75 Å². The fraction of sp³-hybridized carbons (Fsp3) is 0.400. The number of nitrogens with one attached hydrogen (secondary N) is 2. The molecule has 1 aliphatic rings. The predicted octanol–water partition coefficient (Wildman–Crippen LogP) is 0.980. The summed E-state index contributed by atoms with van der Waals surface area (Å²) in [7, 11) is 0. The number of tetrazole rings is 1. The van der Waals surface area contributed by atoms with E-state index in [-0.39, 0.29) is 5.91 Å². The second kappa shape index (κ2) is 5.07. The Bertz CT molecular complexity index is 527. The van der Waals surface area contributed by atoms with Crippen LogP contribution in [0.5, 0.6) is 0 Å². The molecular weight excluding hydrogens is 270 g/mol. The molecule has 0 atom stereocenters. The average Bonchev–Trinajstić information content (AvgIpc) is 3.04. The number of fused-ring (bicyclic) bond motifs is 1. The SMILES string of the molecule is O=C(NCc1nn[nH]n1)c1cc2c(s1)CCSC2. The number of H-pyrrole nitrogens is 1. The lowest BCUT2D eigenvalue weighted by Crippen LogP contribution is -2.22. The minimum Gasteiger partial charge on any atom is -0.344 e. The number of hydrogen-bond donors (Lipinski definition) is 2. The molecular formula is C10H11N5OS2. The smallest absolute Gasteiger partial charge is 0.261 e. The molecule has 3 rings (SSSR count). The van der Waals surface area contributed by atoms with Crippen LogP contribution in [0.2, 0.25) is 0 Å². The summed E-state index contributed by atoms with van der Waals surface area (Å²) < 4.78 is 0. The lowest BCUT2D eigenvalue weighted by atomic mass is 10.2. The van der Waals surface area contributed by atoms with E-state index in [1.54, 1.807) is 11.3 Å². The highest BCUT2D eigenvalue weighted by molar-refractivity contribution is 7.98. The van der Waals surface area contributed by atoms with Gasteiger partial charge in [-0.05, 0) is 23.8 Å². The third kappa shape index (κ3) is 2.39. The monoisotopic (exact) mass is 281 g/mol. The van der Waals surface area contributed by atoms with Gasteiger partial charge in [0.2, 0.25) is 0 Å². The van der Waals surface area contributed by atoms with Gasteiger partial charge in [-0.1, -0.05) is 5.21 Å². The van der Waals surface area contributed by atoms with Crippen LogP contribution < -0.4 is 5.32 Å². The Kier molecular flexibility index (Phi) is 3.28. The van der Waals surface area contributed by atoms with E-state index in [2.05, 4.69) is 25.9 Å². The van der Waals surface area contributed by atoms with Gasteiger partial charge < -0.3 is 5.32 Å². The summed E-state index contributed by atoms with van der Waals surface area (Å²) in [4.78, 5) is 14.1. The second-order valence-electron chi connectivity index (χ2n) is 3.87. The quantitative estimate of drug-likeness (QED) is 0.876. The van der Waals surface area contributed by atoms with Gasteiger partial charge in [-0.15, -0.1) is 21.5 Å². The van der Waals surface area contributed by atoms with E-state index in [1.165, 1.54) is 10.4 Å². The molecule has 0 spiro atoms. The van der Waals surface area contributed by atoms with Crippen molar-refractivity contribution in [2.24, 2.45) is 0 Å². The van der Waals surface area contributed by atoms with Crippen molar-refractivity contribution in [1.82, 2.24) is 25.9 Å². The molecule has 1 aliphatic heterocycles. The Morgan fingerprint density at radius 3 is 3.28 bits per heavy atom. The summed E-state index contributed by atoms with van der Waals surface area (Å²) >= 11 is 3.51. The number of aromatic amines is 1. The third-order valence-electron chi connectivity index (χ3n) is 2.65. The molecule has 94 valence electrons. The standard InChI is InChI=1S/C10H11N5OS2/c16-10(11-4-9-12-14-15-13-9)8-3-6-5-17-2-1-7(6)18-8/h3H,1-2,4-5H2,(H,11,16)(H,12,13,14,15). The summed E-state index contributed by atoms with van der Waals surface area (Å²) in [6.07, 6.45) is 1.07. The van der Waals surface area contributed by atoms with E-state index < -0.39 is 0 Å². The number of thiophene rings is 1. The second-order valence-corrected chi connectivity index (χ2v) is 6.11. The van der Waals surface area contributed by atoms with Gasteiger partial charge in [-0.25, -0.2) is 0 Å². The van der Waals surface area contributed by atoms with Crippen molar-refractivity contribution >= 4 is 29.0 Å². The zero-order valence-electron chi connectivity index (χ0n) is 9.47. The van der Waals surface area contributed by atoms with Crippen molar-refractivity contribution in [3.63, 3.8) is 0 Å². The van der Waals surface area contributed by atoms with Gasteiger partial charge in [0.25, 0.3) is 5.91 Å². The first-order valence-electron chi connectivity index (χ1n) is 5.53. The van der Waals surface area contributed by atoms with Crippen LogP contribution in [-0.4, -0.2) is 32.3 Å². The Hall–Kier alpha value is -1.41. The fourth-order valence-corrected chi connectivity index (χ4v) is 4.05. The molecule has 2 N–H and O–H groups in total. The topological polar surface area (TPSA) is 83.6 Å². The number of amides is 1. The molecule has 0 aromatic carbocycles. The van der Waals surface area contributed by atoms with Crippen molar-refractivity contribution < 1.29 is 4.79 Å². The van der Waals surface area contributed by atoms with Gasteiger partial charge in [0.15, 0.2) is 5.82 Å². The van der Waals surface area contributed by atoms with Gasteiger partial charge in [-0.3, -0.25) is 4.79 Å². The van der Waals surface area contributed by atoms with E-state index in [0.717, 1.165) is 22.8 Å². The summed E-state index contributed by atoms with van der Waals surface area (Å²) in [6.45, 7) is 0.298. The number of hydrogen-bond acceptors (Lipinski definition) is 6. The van der Waals surface area contributed by atoms with Crippen molar-refractivity contribution in [3.05, 3.63) is 27.2 Å². The van der Waals surface area contributed by atoms with Gasteiger partial charge in [0.1, 0.15) is 0 Å².